The van der Waals surface area contributed by atoms with E-state index in [1.807, 2.05) is 0 Å². The van der Waals surface area contributed by atoms with E-state index in [0.717, 1.165) is 24.2 Å². The summed E-state index contributed by atoms with van der Waals surface area (Å²) in [6.07, 6.45) is 11.1. The molecule has 0 bridgehead atoms. The number of piperazine rings is 1. The summed E-state index contributed by atoms with van der Waals surface area (Å²) >= 11 is 0. The van der Waals surface area contributed by atoms with Gasteiger partial charge in [0, 0.05) is 37.3 Å². The summed E-state index contributed by atoms with van der Waals surface area (Å²) < 4.78 is 0. The van der Waals surface area contributed by atoms with E-state index in [9.17, 15) is 9.59 Å². The molecule has 1 atom stereocenters. The van der Waals surface area contributed by atoms with Crippen LogP contribution in [-0.2, 0) is 11.2 Å². The quantitative estimate of drug-likeness (QED) is 0.769. The standard InChI is InChI=1S/C18H24N6O2/c25-17-15(8-13-9-19-11-21-13)24(7-6-20-17)18(26)14-10-22-23-16(14)12-4-2-1-3-5-12/h9-12,15H,1-8H2,(H,19,21)(H,20,25)(H,22,23). The number of nitrogens with zero attached hydrogens (tertiary/aromatic N) is 3. The minimum atomic E-state index is -0.536. The average molecular weight is 356 g/mol. The number of hydrogen-bond acceptors (Lipinski definition) is 4. The highest BCUT2D eigenvalue weighted by molar-refractivity contribution is 5.99. The van der Waals surface area contributed by atoms with Crippen molar-refractivity contribution in [1.29, 1.82) is 0 Å². The Morgan fingerprint density at radius 3 is 2.85 bits per heavy atom. The molecule has 1 saturated carbocycles. The molecule has 2 aromatic rings. The Morgan fingerprint density at radius 1 is 1.23 bits per heavy atom. The van der Waals surface area contributed by atoms with Gasteiger partial charge in [-0.3, -0.25) is 14.7 Å². The molecule has 0 radical (unpaired) electrons. The number of amides is 2. The average Bonchev–Trinajstić information content (AvgIpc) is 3.35. The van der Waals surface area contributed by atoms with Gasteiger partial charge >= 0.3 is 0 Å². The van der Waals surface area contributed by atoms with Crippen molar-refractivity contribution >= 4 is 11.8 Å². The van der Waals surface area contributed by atoms with Gasteiger partial charge in [-0.15, -0.1) is 0 Å². The highest BCUT2D eigenvalue weighted by Gasteiger charge is 2.36. The van der Waals surface area contributed by atoms with E-state index >= 15 is 0 Å². The molecule has 8 nitrogen and oxygen atoms in total. The first-order valence-electron chi connectivity index (χ1n) is 9.33. The van der Waals surface area contributed by atoms with E-state index in [1.54, 1.807) is 23.6 Å². The Bertz CT molecular complexity index is 763. The number of carbonyl (C=O) groups is 2. The largest absolute Gasteiger partial charge is 0.353 e. The van der Waals surface area contributed by atoms with Crippen LogP contribution in [0.15, 0.2) is 18.7 Å². The van der Waals surface area contributed by atoms with Gasteiger partial charge in [0.15, 0.2) is 0 Å². The van der Waals surface area contributed by atoms with Crippen LogP contribution in [0.3, 0.4) is 0 Å². The molecule has 0 spiro atoms. The third kappa shape index (κ3) is 3.23. The van der Waals surface area contributed by atoms with Crippen LogP contribution in [0.5, 0.6) is 0 Å². The molecule has 1 unspecified atom stereocenters. The van der Waals surface area contributed by atoms with Crippen LogP contribution in [0, 0.1) is 0 Å². The monoisotopic (exact) mass is 356 g/mol. The smallest absolute Gasteiger partial charge is 0.258 e. The van der Waals surface area contributed by atoms with Gasteiger partial charge in [0.25, 0.3) is 5.91 Å². The maximum absolute atomic E-state index is 13.3. The Labute approximate surface area is 151 Å². The van der Waals surface area contributed by atoms with Gasteiger partial charge < -0.3 is 15.2 Å². The third-order valence-corrected chi connectivity index (χ3v) is 5.47. The Morgan fingerprint density at radius 2 is 2.08 bits per heavy atom. The molecule has 2 aliphatic rings. The lowest BCUT2D eigenvalue weighted by atomic mass is 9.85. The predicted octanol–water partition coefficient (Wildman–Crippen LogP) is 1.36. The summed E-state index contributed by atoms with van der Waals surface area (Å²) in [7, 11) is 0. The van der Waals surface area contributed by atoms with Crippen molar-refractivity contribution in [3.8, 4) is 0 Å². The van der Waals surface area contributed by atoms with Gasteiger partial charge in [-0.1, -0.05) is 19.3 Å². The lowest BCUT2D eigenvalue weighted by Crippen LogP contribution is -2.58. The molecule has 1 saturated heterocycles. The molecule has 0 aromatic carbocycles. The summed E-state index contributed by atoms with van der Waals surface area (Å²) in [5.74, 6) is 0.121. The molecule has 138 valence electrons. The maximum Gasteiger partial charge on any atom is 0.258 e. The van der Waals surface area contributed by atoms with E-state index in [2.05, 4.69) is 25.5 Å². The number of nitrogens with one attached hydrogen (secondary N) is 3. The summed E-state index contributed by atoms with van der Waals surface area (Å²) in [5, 5.41) is 10.1. The lowest BCUT2D eigenvalue weighted by molar-refractivity contribution is -0.127. The second kappa shape index (κ2) is 7.31. The van der Waals surface area contributed by atoms with Crippen LogP contribution in [0.2, 0.25) is 0 Å². The zero-order valence-electron chi connectivity index (χ0n) is 14.7. The van der Waals surface area contributed by atoms with Crippen LogP contribution >= 0.6 is 0 Å². The first kappa shape index (κ1) is 16.8. The van der Waals surface area contributed by atoms with E-state index in [4.69, 9.17) is 0 Å². The molecule has 26 heavy (non-hydrogen) atoms. The van der Waals surface area contributed by atoms with Crippen molar-refractivity contribution in [1.82, 2.24) is 30.4 Å². The van der Waals surface area contributed by atoms with Crippen LogP contribution < -0.4 is 5.32 Å². The summed E-state index contributed by atoms with van der Waals surface area (Å²) in [6, 6.07) is -0.536. The SMILES string of the molecule is O=C1NCCN(C(=O)c2cn[nH]c2C2CCCCC2)C1Cc1cnc[nH]1. The molecule has 2 fully saturated rings. The van der Waals surface area contributed by atoms with Crippen LogP contribution in [0.4, 0.5) is 0 Å². The molecular weight excluding hydrogens is 332 g/mol. The second-order valence-electron chi connectivity index (χ2n) is 7.12. The number of rotatable bonds is 4. The van der Waals surface area contributed by atoms with Crippen molar-refractivity contribution in [2.45, 2.75) is 50.5 Å². The molecule has 2 aromatic heterocycles. The molecule has 4 rings (SSSR count). The number of H-pyrrole nitrogens is 2. The molecule has 2 amide bonds. The molecule has 8 heteroatoms. The minimum absolute atomic E-state index is 0.112. The Balaban J connectivity index is 1.57. The fraction of sp³-hybridized carbons (Fsp3) is 0.556. The predicted molar refractivity (Wildman–Crippen MR) is 94.5 cm³/mol. The highest BCUT2D eigenvalue weighted by Crippen LogP contribution is 2.33. The van der Waals surface area contributed by atoms with Gasteiger partial charge in [0.2, 0.25) is 5.91 Å². The van der Waals surface area contributed by atoms with Gasteiger partial charge in [-0.25, -0.2) is 4.98 Å². The molecule has 3 heterocycles. The molecule has 1 aliphatic heterocycles. The van der Waals surface area contributed by atoms with Crippen LogP contribution in [0.25, 0.3) is 0 Å². The zero-order chi connectivity index (χ0) is 17.9. The number of aromatic nitrogens is 4. The van der Waals surface area contributed by atoms with Gasteiger partial charge in [0.05, 0.1) is 23.8 Å². The number of carbonyl (C=O) groups excluding carboxylic acids is 2. The van der Waals surface area contributed by atoms with Gasteiger partial charge in [0.1, 0.15) is 6.04 Å². The maximum atomic E-state index is 13.3. The number of aromatic amines is 2. The second-order valence-corrected chi connectivity index (χ2v) is 7.12. The number of imidazole rings is 1. The Kier molecular flexibility index (Phi) is 4.73. The van der Waals surface area contributed by atoms with E-state index in [1.165, 1.54) is 19.3 Å². The van der Waals surface area contributed by atoms with Gasteiger partial charge in [-0.2, -0.15) is 5.10 Å². The number of hydrogen-bond donors (Lipinski definition) is 3. The molecule has 1 aliphatic carbocycles. The van der Waals surface area contributed by atoms with Crippen molar-refractivity contribution in [3.63, 3.8) is 0 Å². The zero-order valence-corrected chi connectivity index (χ0v) is 14.7. The summed E-state index contributed by atoms with van der Waals surface area (Å²) in [6.45, 7) is 0.972. The topological polar surface area (TPSA) is 107 Å². The fourth-order valence-electron chi connectivity index (χ4n) is 4.09. The summed E-state index contributed by atoms with van der Waals surface area (Å²) in [5.41, 5.74) is 2.38. The first-order valence-corrected chi connectivity index (χ1v) is 9.33. The molecule has 3 N–H and O–H groups in total. The van der Waals surface area contributed by atoms with E-state index < -0.39 is 6.04 Å². The van der Waals surface area contributed by atoms with Crippen molar-refractivity contribution in [2.75, 3.05) is 13.1 Å². The highest BCUT2D eigenvalue weighted by atomic mass is 16.2. The fourth-order valence-corrected chi connectivity index (χ4v) is 4.09. The lowest BCUT2D eigenvalue weighted by Gasteiger charge is -2.35. The van der Waals surface area contributed by atoms with Crippen molar-refractivity contribution in [2.24, 2.45) is 0 Å². The van der Waals surface area contributed by atoms with Crippen LogP contribution in [-0.4, -0.2) is 56.0 Å². The summed E-state index contributed by atoms with van der Waals surface area (Å²) in [4.78, 5) is 34.4. The van der Waals surface area contributed by atoms with Crippen molar-refractivity contribution in [3.05, 3.63) is 35.7 Å². The normalized spacial score (nSPS) is 21.6. The Hall–Kier alpha value is -2.64. The van der Waals surface area contributed by atoms with E-state index in [0.29, 0.717) is 31.0 Å². The van der Waals surface area contributed by atoms with Crippen LogP contribution in [0.1, 0.15) is 59.8 Å². The third-order valence-electron chi connectivity index (χ3n) is 5.47. The first-order chi connectivity index (χ1) is 12.7. The minimum Gasteiger partial charge on any atom is -0.353 e. The van der Waals surface area contributed by atoms with E-state index in [-0.39, 0.29) is 11.8 Å². The van der Waals surface area contributed by atoms with Crippen molar-refractivity contribution < 1.29 is 9.59 Å². The van der Waals surface area contributed by atoms with Gasteiger partial charge in [-0.05, 0) is 12.8 Å². The molecular formula is C18H24N6O2.